The number of pyridine rings is 1. The first kappa shape index (κ1) is 19.1. The van der Waals surface area contributed by atoms with E-state index in [1.54, 1.807) is 0 Å². The zero-order valence-corrected chi connectivity index (χ0v) is 17.1. The molecule has 0 radical (unpaired) electrons. The highest BCUT2D eigenvalue weighted by Crippen LogP contribution is 2.28. The number of carbonyl (C=O) groups is 1. The maximum atomic E-state index is 12.0. The number of fused-ring (bicyclic) bond motifs is 1. The maximum Gasteiger partial charge on any atom is 0.220 e. The molecule has 1 amide bonds. The molecule has 0 aliphatic carbocycles. The molecule has 1 N–H and O–H groups in total. The van der Waals surface area contributed by atoms with Crippen LogP contribution in [0.4, 0.5) is 0 Å². The number of carbonyl (C=O) groups excluding carboxylic acids is 1. The van der Waals surface area contributed by atoms with E-state index in [0.717, 1.165) is 33.7 Å². The minimum atomic E-state index is 0.0796. The molecule has 0 saturated heterocycles. The molecule has 3 aromatic rings. The lowest BCUT2D eigenvalue weighted by molar-refractivity contribution is -0.121. The second-order valence-corrected chi connectivity index (χ2v) is 7.55. The van der Waals surface area contributed by atoms with E-state index < -0.39 is 0 Å². The van der Waals surface area contributed by atoms with Gasteiger partial charge >= 0.3 is 0 Å². The van der Waals surface area contributed by atoms with E-state index in [1.807, 2.05) is 32.4 Å². The second-order valence-electron chi connectivity index (χ2n) is 7.55. The van der Waals surface area contributed by atoms with E-state index in [9.17, 15) is 4.79 Å². The maximum absolute atomic E-state index is 12.0. The van der Waals surface area contributed by atoms with Crippen LogP contribution in [0.15, 0.2) is 24.3 Å². The topological polar surface area (TPSA) is 59.8 Å². The van der Waals surface area contributed by atoms with Gasteiger partial charge in [0, 0.05) is 23.5 Å². The molecule has 0 bridgehead atoms. The van der Waals surface area contributed by atoms with Crippen molar-refractivity contribution in [2.75, 3.05) is 0 Å². The van der Waals surface area contributed by atoms with Gasteiger partial charge in [0.1, 0.15) is 0 Å². The van der Waals surface area contributed by atoms with E-state index in [2.05, 4.69) is 43.4 Å². The van der Waals surface area contributed by atoms with Crippen molar-refractivity contribution in [1.29, 1.82) is 0 Å². The molecule has 5 heteroatoms. The van der Waals surface area contributed by atoms with Crippen molar-refractivity contribution < 1.29 is 4.79 Å². The normalized spacial score (nSPS) is 11.4. The van der Waals surface area contributed by atoms with Crippen LogP contribution in [0.3, 0.4) is 0 Å². The van der Waals surface area contributed by atoms with E-state index in [1.165, 1.54) is 11.1 Å². The first-order chi connectivity index (χ1) is 12.8. The van der Waals surface area contributed by atoms with Gasteiger partial charge in [0.15, 0.2) is 5.65 Å². The molecule has 27 heavy (non-hydrogen) atoms. The molecule has 0 aliphatic rings. The molecule has 0 saturated carbocycles. The summed E-state index contributed by atoms with van der Waals surface area (Å²) in [7, 11) is 0. The predicted molar refractivity (Wildman–Crippen MR) is 109 cm³/mol. The van der Waals surface area contributed by atoms with Crippen molar-refractivity contribution in [3.05, 3.63) is 52.3 Å². The summed E-state index contributed by atoms with van der Waals surface area (Å²) in [6.07, 6.45) is 1.16. The quantitative estimate of drug-likeness (QED) is 0.741. The third-order valence-electron chi connectivity index (χ3n) is 4.90. The first-order valence-electron chi connectivity index (χ1n) is 9.49. The number of nitrogens with zero attached hydrogens (tertiary/aromatic N) is 3. The molecule has 1 aromatic carbocycles. The van der Waals surface area contributed by atoms with Crippen LogP contribution in [0.25, 0.3) is 16.7 Å². The molecule has 0 spiro atoms. The number of benzene rings is 1. The van der Waals surface area contributed by atoms with Gasteiger partial charge in [-0.3, -0.25) is 4.79 Å². The SMILES string of the molecule is Cc1ccc(-n2nc(C)c3c(C)c(CCC(=O)NC(C)C)c(C)nc32)cc1. The van der Waals surface area contributed by atoms with Crippen LogP contribution in [-0.4, -0.2) is 26.7 Å². The van der Waals surface area contributed by atoms with Crippen molar-refractivity contribution in [2.24, 2.45) is 0 Å². The number of aromatic nitrogens is 3. The van der Waals surface area contributed by atoms with Crippen molar-refractivity contribution >= 4 is 16.9 Å². The standard InChI is InChI=1S/C22H28N4O/c1-13(2)23-20(27)12-11-19-15(4)21-17(6)25-26(22(21)24-16(19)5)18-9-7-14(3)8-10-18/h7-10,13H,11-12H2,1-6H3,(H,23,27). The smallest absolute Gasteiger partial charge is 0.220 e. The number of rotatable bonds is 5. The van der Waals surface area contributed by atoms with Crippen LogP contribution < -0.4 is 5.32 Å². The van der Waals surface area contributed by atoms with Gasteiger partial charge in [-0.15, -0.1) is 0 Å². The summed E-state index contributed by atoms with van der Waals surface area (Å²) < 4.78 is 1.92. The zero-order valence-electron chi connectivity index (χ0n) is 17.1. The van der Waals surface area contributed by atoms with E-state index in [4.69, 9.17) is 10.1 Å². The van der Waals surface area contributed by atoms with Gasteiger partial charge in [-0.2, -0.15) is 5.10 Å². The largest absolute Gasteiger partial charge is 0.354 e. The second kappa shape index (κ2) is 7.51. The lowest BCUT2D eigenvalue weighted by Gasteiger charge is -2.13. The molecular formula is C22H28N4O. The summed E-state index contributed by atoms with van der Waals surface area (Å²) >= 11 is 0. The van der Waals surface area contributed by atoms with Gasteiger partial charge in [0.05, 0.1) is 11.4 Å². The molecule has 0 aliphatic heterocycles. The molecule has 3 rings (SSSR count). The first-order valence-corrected chi connectivity index (χ1v) is 9.49. The lowest BCUT2D eigenvalue weighted by atomic mass is 9.99. The van der Waals surface area contributed by atoms with Gasteiger partial charge < -0.3 is 5.32 Å². The Hall–Kier alpha value is -2.69. The highest BCUT2D eigenvalue weighted by atomic mass is 16.1. The van der Waals surface area contributed by atoms with Crippen molar-refractivity contribution in [1.82, 2.24) is 20.1 Å². The third-order valence-corrected chi connectivity index (χ3v) is 4.90. The van der Waals surface area contributed by atoms with E-state index in [-0.39, 0.29) is 11.9 Å². The summed E-state index contributed by atoms with van der Waals surface area (Å²) in [5, 5.41) is 8.78. The van der Waals surface area contributed by atoms with Crippen molar-refractivity contribution in [3.63, 3.8) is 0 Å². The molecule has 0 fully saturated rings. The van der Waals surface area contributed by atoms with E-state index in [0.29, 0.717) is 12.8 Å². The Balaban J connectivity index is 2.01. The summed E-state index contributed by atoms with van der Waals surface area (Å²) in [5.74, 6) is 0.0796. The molecule has 5 nitrogen and oxygen atoms in total. The van der Waals surface area contributed by atoms with Crippen LogP contribution in [0.1, 0.15) is 48.3 Å². The van der Waals surface area contributed by atoms with Gasteiger partial charge in [-0.05, 0) is 71.2 Å². The predicted octanol–water partition coefficient (Wildman–Crippen LogP) is 4.11. The zero-order chi connectivity index (χ0) is 19.7. The molecular weight excluding hydrogens is 336 g/mol. The number of amides is 1. The summed E-state index contributed by atoms with van der Waals surface area (Å²) in [5.41, 5.74) is 7.35. The Kier molecular flexibility index (Phi) is 5.31. The third kappa shape index (κ3) is 3.87. The monoisotopic (exact) mass is 364 g/mol. The Morgan fingerprint density at radius 2 is 1.74 bits per heavy atom. The van der Waals surface area contributed by atoms with Gasteiger partial charge in [-0.1, -0.05) is 17.7 Å². The fourth-order valence-corrected chi connectivity index (χ4v) is 3.57. The molecule has 2 heterocycles. The number of aryl methyl sites for hydroxylation is 4. The molecule has 0 unspecified atom stereocenters. The average Bonchev–Trinajstić information content (AvgIpc) is 2.91. The Bertz CT molecular complexity index is 984. The van der Waals surface area contributed by atoms with Crippen LogP contribution >= 0.6 is 0 Å². The van der Waals surface area contributed by atoms with Crippen LogP contribution in [0.5, 0.6) is 0 Å². The Labute approximate surface area is 160 Å². The van der Waals surface area contributed by atoms with Crippen LogP contribution in [0, 0.1) is 27.7 Å². The van der Waals surface area contributed by atoms with Crippen molar-refractivity contribution in [3.8, 4) is 5.69 Å². The van der Waals surface area contributed by atoms with Crippen molar-refractivity contribution in [2.45, 2.75) is 60.4 Å². The minimum absolute atomic E-state index is 0.0796. The van der Waals surface area contributed by atoms with Gasteiger partial charge in [-0.25, -0.2) is 9.67 Å². The van der Waals surface area contributed by atoms with E-state index >= 15 is 0 Å². The highest BCUT2D eigenvalue weighted by molar-refractivity contribution is 5.85. The molecule has 0 atom stereocenters. The minimum Gasteiger partial charge on any atom is -0.354 e. The molecule has 142 valence electrons. The Morgan fingerprint density at radius 3 is 2.37 bits per heavy atom. The summed E-state index contributed by atoms with van der Waals surface area (Å²) in [6.45, 7) is 12.2. The number of hydrogen-bond acceptors (Lipinski definition) is 3. The lowest BCUT2D eigenvalue weighted by Crippen LogP contribution is -2.30. The fraction of sp³-hybridized carbons (Fsp3) is 0.409. The van der Waals surface area contributed by atoms with Crippen LogP contribution in [-0.2, 0) is 11.2 Å². The van der Waals surface area contributed by atoms with Gasteiger partial charge in [0.25, 0.3) is 0 Å². The summed E-state index contributed by atoms with van der Waals surface area (Å²) in [6, 6.07) is 8.46. The van der Waals surface area contributed by atoms with Crippen LogP contribution in [0.2, 0.25) is 0 Å². The Morgan fingerprint density at radius 1 is 1.07 bits per heavy atom. The molecule has 2 aromatic heterocycles. The number of nitrogens with one attached hydrogen (secondary N) is 1. The average molecular weight is 364 g/mol. The summed E-state index contributed by atoms with van der Waals surface area (Å²) in [4.78, 5) is 16.9. The van der Waals surface area contributed by atoms with Gasteiger partial charge in [0.2, 0.25) is 5.91 Å². The number of hydrogen-bond donors (Lipinski definition) is 1. The fourth-order valence-electron chi connectivity index (χ4n) is 3.57. The highest BCUT2D eigenvalue weighted by Gasteiger charge is 2.18.